The van der Waals surface area contributed by atoms with E-state index in [0.29, 0.717) is 28.8 Å². The van der Waals surface area contributed by atoms with Gasteiger partial charge in [-0.25, -0.2) is 9.69 Å². The van der Waals surface area contributed by atoms with Crippen molar-refractivity contribution in [1.29, 1.82) is 0 Å². The maximum Gasteiger partial charge on any atom is 0.343 e. The maximum absolute atomic E-state index is 13.4. The van der Waals surface area contributed by atoms with Gasteiger partial charge in [0.1, 0.15) is 5.75 Å². The second-order valence-corrected chi connectivity index (χ2v) is 10.00. The molecule has 0 aromatic heterocycles. The van der Waals surface area contributed by atoms with Crippen LogP contribution in [0.25, 0.3) is 11.1 Å². The largest absolute Gasteiger partial charge is 0.423 e. The number of esters is 1. The van der Waals surface area contributed by atoms with Gasteiger partial charge in [-0.05, 0) is 71.6 Å². The fourth-order valence-electron chi connectivity index (χ4n) is 6.50. The number of benzene rings is 3. The number of carbonyl (C=O) groups excluding carboxylic acids is 3. The fraction of sp³-hybridized carbons (Fsp3) is 0.233. The van der Waals surface area contributed by atoms with Crippen LogP contribution in [0.1, 0.15) is 16.8 Å². The summed E-state index contributed by atoms with van der Waals surface area (Å²) < 4.78 is 5.58. The number of amides is 2. The first kappa shape index (κ1) is 20.4. The minimum Gasteiger partial charge on any atom is -0.423 e. The van der Waals surface area contributed by atoms with Crippen LogP contribution in [0.4, 0.5) is 5.69 Å². The minimum absolute atomic E-state index is 0.133. The van der Waals surface area contributed by atoms with Gasteiger partial charge < -0.3 is 4.74 Å². The Hall–Kier alpha value is -3.99. The van der Waals surface area contributed by atoms with Crippen LogP contribution in [0.3, 0.4) is 0 Å². The highest BCUT2D eigenvalue weighted by Gasteiger charge is 2.67. The number of imide groups is 1. The number of rotatable bonds is 4. The van der Waals surface area contributed by atoms with Gasteiger partial charge in [-0.15, -0.1) is 0 Å². The Kier molecular flexibility index (Phi) is 4.37. The van der Waals surface area contributed by atoms with Crippen LogP contribution < -0.4 is 9.64 Å². The molecule has 3 fully saturated rings. The molecule has 6 unspecified atom stereocenters. The Morgan fingerprint density at radius 2 is 1.37 bits per heavy atom. The second kappa shape index (κ2) is 7.51. The molecule has 5 heteroatoms. The molecule has 0 radical (unpaired) electrons. The summed E-state index contributed by atoms with van der Waals surface area (Å²) in [7, 11) is 0. The van der Waals surface area contributed by atoms with Crippen LogP contribution >= 0.6 is 0 Å². The third-order valence-corrected chi connectivity index (χ3v) is 8.17. The van der Waals surface area contributed by atoms with E-state index in [9.17, 15) is 14.4 Å². The molecule has 2 amide bonds. The lowest BCUT2D eigenvalue weighted by atomic mass is 9.63. The van der Waals surface area contributed by atoms with Crippen molar-refractivity contribution in [2.24, 2.45) is 35.5 Å². The van der Waals surface area contributed by atoms with Crippen molar-refractivity contribution < 1.29 is 19.1 Å². The molecule has 0 N–H and O–H groups in total. The van der Waals surface area contributed by atoms with Crippen molar-refractivity contribution in [1.82, 2.24) is 0 Å². The number of ether oxygens (including phenoxy) is 1. The molecular weight excluding hydrogens is 438 g/mol. The predicted molar refractivity (Wildman–Crippen MR) is 130 cm³/mol. The summed E-state index contributed by atoms with van der Waals surface area (Å²) in [6, 6.07) is 23.9. The molecule has 1 heterocycles. The summed E-state index contributed by atoms with van der Waals surface area (Å²) in [5.41, 5.74) is 2.85. The molecular formula is C30H23NO4. The fourth-order valence-corrected chi connectivity index (χ4v) is 6.50. The Morgan fingerprint density at radius 1 is 0.743 bits per heavy atom. The van der Waals surface area contributed by atoms with Crippen LogP contribution in [0.5, 0.6) is 5.75 Å². The van der Waals surface area contributed by atoms with Crippen molar-refractivity contribution in [2.75, 3.05) is 4.90 Å². The molecule has 5 nitrogen and oxygen atoms in total. The van der Waals surface area contributed by atoms with E-state index in [4.69, 9.17) is 4.74 Å². The highest BCUT2D eigenvalue weighted by atomic mass is 16.5. The van der Waals surface area contributed by atoms with E-state index in [-0.39, 0.29) is 35.5 Å². The number of anilines is 1. The number of nitrogens with zero attached hydrogens (tertiary/aromatic N) is 1. The first-order chi connectivity index (χ1) is 17.1. The van der Waals surface area contributed by atoms with Crippen LogP contribution in [0.15, 0.2) is 91.0 Å². The molecule has 0 spiro atoms. The van der Waals surface area contributed by atoms with E-state index < -0.39 is 5.97 Å². The molecule has 3 aromatic rings. The lowest BCUT2D eigenvalue weighted by molar-refractivity contribution is -0.124. The van der Waals surface area contributed by atoms with E-state index >= 15 is 0 Å². The first-order valence-corrected chi connectivity index (χ1v) is 12.1. The van der Waals surface area contributed by atoms with Crippen LogP contribution in [-0.2, 0) is 9.59 Å². The molecule has 8 rings (SSSR count). The molecule has 1 aliphatic heterocycles. The van der Waals surface area contributed by atoms with Gasteiger partial charge in [0.15, 0.2) is 0 Å². The van der Waals surface area contributed by atoms with E-state index in [2.05, 4.69) is 12.2 Å². The Balaban J connectivity index is 1.11. The van der Waals surface area contributed by atoms with Gasteiger partial charge in [0.2, 0.25) is 11.8 Å². The van der Waals surface area contributed by atoms with Gasteiger partial charge in [0.25, 0.3) is 0 Å². The van der Waals surface area contributed by atoms with Crippen molar-refractivity contribution >= 4 is 23.5 Å². The monoisotopic (exact) mass is 461 g/mol. The minimum atomic E-state index is -0.529. The van der Waals surface area contributed by atoms with Crippen LogP contribution in [-0.4, -0.2) is 17.8 Å². The molecule has 1 saturated heterocycles. The smallest absolute Gasteiger partial charge is 0.343 e. The maximum atomic E-state index is 13.4. The van der Waals surface area contributed by atoms with Crippen molar-refractivity contribution in [3.05, 3.63) is 96.6 Å². The van der Waals surface area contributed by atoms with Gasteiger partial charge in [-0.2, -0.15) is 0 Å². The van der Waals surface area contributed by atoms with Crippen molar-refractivity contribution in [2.45, 2.75) is 6.42 Å². The summed E-state index contributed by atoms with van der Waals surface area (Å²) >= 11 is 0. The molecule has 3 aromatic carbocycles. The van der Waals surface area contributed by atoms with Crippen molar-refractivity contribution in [3.63, 3.8) is 0 Å². The summed E-state index contributed by atoms with van der Waals surface area (Å²) in [4.78, 5) is 41.0. The highest BCUT2D eigenvalue weighted by Crippen LogP contribution is 2.65. The number of allylic oxidation sites excluding steroid dienone is 2. The van der Waals surface area contributed by atoms with Gasteiger partial charge in [0, 0.05) is 0 Å². The lowest BCUT2D eigenvalue weighted by Gasteiger charge is -2.37. The topological polar surface area (TPSA) is 63.7 Å². The first-order valence-electron chi connectivity index (χ1n) is 12.1. The molecule has 6 atom stereocenters. The van der Waals surface area contributed by atoms with E-state index in [1.165, 1.54) is 4.90 Å². The summed E-state index contributed by atoms with van der Waals surface area (Å²) in [5.74, 6) is 0.556. The van der Waals surface area contributed by atoms with Gasteiger partial charge in [-0.3, -0.25) is 9.59 Å². The Morgan fingerprint density at radius 3 is 2.03 bits per heavy atom. The molecule has 35 heavy (non-hydrogen) atoms. The third-order valence-electron chi connectivity index (χ3n) is 8.17. The van der Waals surface area contributed by atoms with Gasteiger partial charge in [-0.1, -0.05) is 60.7 Å². The number of hydrogen-bond acceptors (Lipinski definition) is 4. The van der Waals surface area contributed by atoms with E-state index in [1.54, 1.807) is 36.4 Å². The number of carbonyl (C=O) groups is 3. The van der Waals surface area contributed by atoms with E-state index in [1.807, 2.05) is 42.5 Å². The Labute approximate surface area is 203 Å². The standard InChI is InChI=1S/C30H23NO4/c32-28-26-22-13-14-23(25-16-24(22)25)27(26)29(33)31(28)20-8-4-7-19(15-20)30(34)35-21-11-9-18(10-12-21)17-5-2-1-3-6-17/h1-15,22-27H,16H2. The summed E-state index contributed by atoms with van der Waals surface area (Å²) in [6.45, 7) is 0. The average Bonchev–Trinajstić information content (AvgIpc) is 3.68. The Bertz CT molecular complexity index is 1360. The zero-order valence-corrected chi connectivity index (χ0v) is 18.9. The van der Waals surface area contributed by atoms with E-state index in [0.717, 1.165) is 17.5 Å². The summed E-state index contributed by atoms with van der Waals surface area (Å²) in [5, 5.41) is 0. The molecule has 5 aliphatic rings. The lowest BCUT2D eigenvalue weighted by Crippen LogP contribution is -2.40. The zero-order chi connectivity index (χ0) is 23.7. The van der Waals surface area contributed by atoms with Gasteiger partial charge >= 0.3 is 5.97 Å². The molecule has 4 aliphatic carbocycles. The molecule has 172 valence electrons. The van der Waals surface area contributed by atoms with Crippen LogP contribution in [0, 0.1) is 35.5 Å². The normalized spacial score (nSPS) is 29.7. The van der Waals surface area contributed by atoms with Crippen molar-refractivity contribution in [3.8, 4) is 16.9 Å². The SMILES string of the molecule is O=C(Oc1ccc(-c2ccccc2)cc1)c1cccc(N2C(=O)C3C4C=CC(C5CC45)C3C2=O)c1. The molecule has 2 saturated carbocycles. The predicted octanol–water partition coefficient (Wildman–Crippen LogP) is 5.13. The quantitative estimate of drug-likeness (QED) is 0.234. The third kappa shape index (κ3) is 3.11. The van der Waals surface area contributed by atoms with Gasteiger partial charge in [0.05, 0.1) is 23.1 Å². The van der Waals surface area contributed by atoms with Crippen LogP contribution in [0.2, 0.25) is 0 Å². The molecule has 2 bridgehead atoms. The zero-order valence-electron chi connectivity index (χ0n) is 18.9. The number of hydrogen-bond donors (Lipinski definition) is 0. The summed E-state index contributed by atoms with van der Waals surface area (Å²) in [6.07, 6.45) is 5.45. The second-order valence-electron chi connectivity index (χ2n) is 10.00. The average molecular weight is 462 g/mol. The highest BCUT2D eigenvalue weighted by molar-refractivity contribution is 6.23.